The quantitative estimate of drug-likeness (QED) is 0.0741. The van der Waals surface area contributed by atoms with E-state index in [0.717, 1.165) is 68.5 Å². The number of oxime groups is 1. The van der Waals surface area contributed by atoms with E-state index in [1.54, 1.807) is 0 Å². The van der Waals surface area contributed by atoms with Gasteiger partial charge in [-0.2, -0.15) is 0 Å². The standard InChI is InChI=1S/C39H35N3O5/c1-39(23-6-24-47-40-25-38(43)44,30-13-19-34(20-14-30)45-26-32-17-11-28-7-2-4-9-36(28)41-32)31-15-21-35(22-16-31)46-27-33-18-12-29-8-3-5-10-37(29)42-33/h2-5,7-22,25H,6,23-24,26-27H2,1H3,(H,43,44)/b40-25+. The molecule has 6 rings (SSSR count). The number of fused-ring (bicyclic) bond motifs is 2. The van der Waals surface area contributed by atoms with E-state index in [4.69, 9.17) is 29.4 Å². The fourth-order valence-electron chi connectivity index (χ4n) is 5.61. The molecule has 0 atom stereocenters. The summed E-state index contributed by atoms with van der Waals surface area (Å²) in [5, 5.41) is 14.5. The highest BCUT2D eigenvalue weighted by molar-refractivity contribution is 6.21. The Balaban J connectivity index is 1.15. The molecule has 0 spiro atoms. The van der Waals surface area contributed by atoms with Gasteiger partial charge in [0.2, 0.25) is 0 Å². The second-order valence-electron chi connectivity index (χ2n) is 11.5. The summed E-state index contributed by atoms with van der Waals surface area (Å²) in [4.78, 5) is 25.3. The van der Waals surface area contributed by atoms with Crippen molar-refractivity contribution in [2.24, 2.45) is 5.16 Å². The second kappa shape index (κ2) is 14.6. The number of carbonyl (C=O) groups is 1. The highest BCUT2D eigenvalue weighted by Gasteiger charge is 2.29. The maximum Gasteiger partial charge on any atom is 0.350 e. The molecule has 0 fully saturated rings. The number of pyridine rings is 2. The first kappa shape index (κ1) is 31.2. The van der Waals surface area contributed by atoms with Crippen LogP contribution in [0.1, 0.15) is 42.3 Å². The van der Waals surface area contributed by atoms with Crippen LogP contribution in [0.5, 0.6) is 11.5 Å². The molecular formula is C39H35N3O5. The van der Waals surface area contributed by atoms with E-state index in [-0.39, 0.29) is 5.41 Å². The number of benzene rings is 4. The summed E-state index contributed by atoms with van der Waals surface area (Å²) in [6.07, 6.45) is 2.14. The Bertz CT molecular complexity index is 1860. The molecule has 4 aromatic carbocycles. The molecule has 0 saturated heterocycles. The van der Waals surface area contributed by atoms with Gasteiger partial charge in [-0.05, 0) is 72.5 Å². The smallest absolute Gasteiger partial charge is 0.350 e. The van der Waals surface area contributed by atoms with Crippen molar-refractivity contribution >= 4 is 34.0 Å². The van der Waals surface area contributed by atoms with Crippen LogP contribution in [0, 0.1) is 0 Å². The van der Waals surface area contributed by atoms with Crippen molar-refractivity contribution in [3.8, 4) is 11.5 Å². The number of aromatic nitrogens is 2. The van der Waals surface area contributed by atoms with Crippen LogP contribution in [0.4, 0.5) is 0 Å². The molecular weight excluding hydrogens is 590 g/mol. The first-order valence-corrected chi connectivity index (χ1v) is 15.5. The Morgan fingerprint density at radius 3 is 1.68 bits per heavy atom. The number of rotatable bonds is 14. The molecule has 47 heavy (non-hydrogen) atoms. The van der Waals surface area contributed by atoms with Gasteiger partial charge in [-0.1, -0.05) is 84.9 Å². The minimum atomic E-state index is -1.15. The molecule has 0 aliphatic rings. The molecule has 2 heterocycles. The Labute approximate surface area is 273 Å². The zero-order chi connectivity index (χ0) is 32.5. The zero-order valence-electron chi connectivity index (χ0n) is 26.1. The number of aliphatic carboxylic acids is 1. The number of carboxylic acids is 1. The van der Waals surface area contributed by atoms with Gasteiger partial charge in [0.25, 0.3) is 0 Å². The van der Waals surface area contributed by atoms with Crippen LogP contribution >= 0.6 is 0 Å². The summed E-state index contributed by atoms with van der Waals surface area (Å²) in [5.41, 5.74) is 5.45. The van der Waals surface area contributed by atoms with Crippen molar-refractivity contribution in [2.75, 3.05) is 6.61 Å². The maximum absolute atomic E-state index is 10.7. The molecule has 0 amide bonds. The predicted molar refractivity (Wildman–Crippen MR) is 183 cm³/mol. The van der Waals surface area contributed by atoms with E-state index in [1.165, 1.54) is 0 Å². The van der Waals surface area contributed by atoms with E-state index >= 15 is 0 Å². The van der Waals surface area contributed by atoms with Crippen LogP contribution in [0.15, 0.2) is 126 Å². The molecule has 0 aliphatic heterocycles. The Morgan fingerprint density at radius 2 is 1.19 bits per heavy atom. The summed E-state index contributed by atoms with van der Waals surface area (Å²) in [5.74, 6) is 0.360. The molecule has 8 heteroatoms. The van der Waals surface area contributed by atoms with E-state index < -0.39 is 5.97 Å². The van der Waals surface area contributed by atoms with Crippen LogP contribution in [0.2, 0.25) is 0 Å². The normalized spacial score (nSPS) is 11.6. The monoisotopic (exact) mass is 625 g/mol. The molecule has 1 N–H and O–H groups in total. The molecule has 236 valence electrons. The topological polar surface area (TPSA) is 103 Å². The number of hydrogen-bond acceptors (Lipinski definition) is 7. The maximum atomic E-state index is 10.7. The molecule has 0 radical (unpaired) electrons. The Hall–Kier alpha value is -5.76. The lowest BCUT2D eigenvalue weighted by molar-refractivity contribution is -0.129. The Morgan fingerprint density at radius 1 is 0.702 bits per heavy atom. The van der Waals surface area contributed by atoms with Crippen LogP contribution in [0.3, 0.4) is 0 Å². The van der Waals surface area contributed by atoms with Crippen LogP contribution in [-0.2, 0) is 28.3 Å². The van der Waals surface area contributed by atoms with Crippen molar-refractivity contribution in [3.63, 3.8) is 0 Å². The lowest BCUT2D eigenvalue weighted by atomic mass is 9.73. The summed E-state index contributed by atoms with van der Waals surface area (Å²) in [6.45, 7) is 3.22. The lowest BCUT2D eigenvalue weighted by Crippen LogP contribution is -2.24. The highest BCUT2D eigenvalue weighted by atomic mass is 16.6. The number of nitrogens with zero attached hydrogens (tertiary/aromatic N) is 3. The van der Waals surface area contributed by atoms with Gasteiger partial charge in [-0.3, -0.25) is 0 Å². The van der Waals surface area contributed by atoms with Crippen LogP contribution in [0.25, 0.3) is 21.8 Å². The van der Waals surface area contributed by atoms with Crippen molar-refractivity contribution < 1.29 is 24.2 Å². The average Bonchev–Trinajstić information content (AvgIpc) is 3.11. The largest absolute Gasteiger partial charge is 0.487 e. The highest BCUT2D eigenvalue weighted by Crippen LogP contribution is 2.38. The van der Waals surface area contributed by atoms with Gasteiger partial charge in [0, 0.05) is 16.2 Å². The lowest BCUT2D eigenvalue weighted by Gasteiger charge is -2.31. The van der Waals surface area contributed by atoms with E-state index in [0.29, 0.717) is 26.2 Å². The molecule has 0 aliphatic carbocycles. The first-order chi connectivity index (χ1) is 23.0. The third-order valence-corrected chi connectivity index (χ3v) is 8.22. The molecule has 6 aromatic rings. The fraction of sp³-hybridized carbons (Fsp3) is 0.179. The van der Waals surface area contributed by atoms with E-state index in [2.05, 4.69) is 48.5 Å². The summed E-state index contributed by atoms with van der Waals surface area (Å²) in [7, 11) is 0. The van der Waals surface area contributed by atoms with E-state index in [9.17, 15) is 4.79 Å². The minimum absolute atomic E-state index is 0.291. The summed E-state index contributed by atoms with van der Waals surface area (Å²) >= 11 is 0. The number of carboxylic acid groups (broad SMARTS) is 1. The van der Waals surface area contributed by atoms with E-state index in [1.807, 2.05) is 84.9 Å². The van der Waals surface area contributed by atoms with Gasteiger partial charge in [0.15, 0.2) is 6.21 Å². The average molecular weight is 626 g/mol. The molecule has 0 saturated carbocycles. The second-order valence-corrected chi connectivity index (χ2v) is 11.5. The van der Waals surface area contributed by atoms with Crippen molar-refractivity contribution in [1.82, 2.24) is 9.97 Å². The van der Waals surface area contributed by atoms with Gasteiger partial charge < -0.3 is 19.4 Å². The third kappa shape index (κ3) is 7.91. The Kier molecular flexibility index (Phi) is 9.67. The molecule has 8 nitrogen and oxygen atoms in total. The first-order valence-electron chi connectivity index (χ1n) is 15.5. The SMILES string of the molecule is CC(CCCO/N=C/C(=O)O)(c1ccc(OCc2ccc3ccccc3n2)cc1)c1ccc(OCc2ccc3ccccc3n2)cc1. The molecule has 2 aromatic heterocycles. The van der Waals surface area contributed by atoms with Gasteiger partial charge in [0.1, 0.15) is 31.3 Å². The van der Waals surface area contributed by atoms with Crippen LogP contribution in [-0.4, -0.2) is 33.9 Å². The molecule has 0 unspecified atom stereocenters. The van der Waals surface area contributed by atoms with Gasteiger partial charge >= 0.3 is 5.97 Å². The third-order valence-electron chi connectivity index (χ3n) is 8.22. The fourth-order valence-corrected chi connectivity index (χ4v) is 5.61. The van der Waals surface area contributed by atoms with Crippen LogP contribution < -0.4 is 9.47 Å². The minimum Gasteiger partial charge on any atom is -0.487 e. The predicted octanol–water partition coefficient (Wildman–Crippen LogP) is 8.11. The number of ether oxygens (including phenoxy) is 2. The summed E-state index contributed by atoms with van der Waals surface area (Å²) < 4.78 is 12.2. The number of para-hydroxylation sites is 2. The van der Waals surface area contributed by atoms with Crippen molar-refractivity contribution in [3.05, 3.63) is 144 Å². The zero-order valence-corrected chi connectivity index (χ0v) is 26.1. The van der Waals surface area contributed by atoms with Gasteiger partial charge in [-0.15, -0.1) is 0 Å². The number of hydrogen-bond donors (Lipinski definition) is 1. The molecule has 0 bridgehead atoms. The van der Waals surface area contributed by atoms with Gasteiger partial charge in [0.05, 0.1) is 22.4 Å². The van der Waals surface area contributed by atoms with Gasteiger partial charge in [-0.25, -0.2) is 14.8 Å². The van der Waals surface area contributed by atoms with Crippen molar-refractivity contribution in [2.45, 2.75) is 38.4 Å². The summed E-state index contributed by atoms with van der Waals surface area (Å²) in [6, 6.07) is 40.4. The van der Waals surface area contributed by atoms with Crippen molar-refractivity contribution in [1.29, 1.82) is 0 Å².